The van der Waals surface area contributed by atoms with Crippen molar-refractivity contribution in [3.8, 4) is 11.1 Å². The number of carbonyl (C=O) groups excluding carboxylic acids is 2. The van der Waals surface area contributed by atoms with Crippen molar-refractivity contribution in [2.75, 3.05) is 13.2 Å². The number of rotatable bonds is 11. The molecule has 0 aliphatic rings. The molecule has 2 aromatic carbocycles. The van der Waals surface area contributed by atoms with Crippen LogP contribution in [0.15, 0.2) is 48.5 Å². The van der Waals surface area contributed by atoms with Crippen molar-refractivity contribution < 1.29 is 19.1 Å². The van der Waals surface area contributed by atoms with Gasteiger partial charge in [0.2, 0.25) is 0 Å². The molecule has 2 aromatic rings. The molecular weight excluding hydrogens is 414 g/mol. The number of ether oxygens (including phenoxy) is 2. The molecule has 0 bridgehead atoms. The van der Waals surface area contributed by atoms with Crippen LogP contribution in [-0.4, -0.2) is 30.8 Å². The smallest absolute Gasteiger partial charge is 0.408 e. The van der Waals surface area contributed by atoms with Crippen LogP contribution in [-0.2, 0) is 20.7 Å². The fourth-order valence-electron chi connectivity index (χ4n) is 3.25. The second-order valence-corrected chi connectivity index (χ2v) is 8.16. The van der Waals surface area contributed by atoms with Gasteiger partial charge in [-0.15, -0.1) is 0 Å². The van der Waals surface area contributed by atoms with Gasteiger partial charge in [-0.25, -0.2) is 9.59 Å². The molecule has 5 nitrogen and oxygen atoms in total. The number of aryl methyl sites for hydroxylation is 1. The zero-order valence-corrected chi connectivity index (χ0v) is 19.3. The van der Waals surface area contributed by atoms with Crippen LogP contribution in [0.3, 0.4) is 0 Å². The molecule has 6 heteroatoms. The quantitative estimate of drug-likeness (QED) is 0.331. The molecule has 0 aliphatic carbocycles. The normalized spacial score (nSPS) is 12.6. The number of unbranched alkanes of at least 4 members (excludes halogenated alkanes) is 1. The highest BCUT2D eigenvalue weighted by Gasteiger charge is 2.36. The predicted octanol–water partition coefficient (Wildman–Crippen LogP) is 6.18. The van der Waals surface area contributed by atoms with Crippen molar-refractivity contribution in [1.82, 2.24) is 5.32 Å². The van der Waals surface area contributed by atoms with Gasteiger partial charge >= 0.3 is 12.1 Å². The average molecular weight is 446 g/mol. The highest BCUT2D eigenvalue weighted by molar-refractivity contribution is 6.30. The van der Waals surface area contributed by atoms with E-state index in [0.717, 1.165) is 36.0 Å². The summed E-state index contributed by atoms with van der Waals surface area (Å²) in [5, 5.41) is 3.42. The molecule has 0 saturated heterocycles. The van der Waals surface area contributed by atoms with Gasteiger partial charge in [-0.2, -0.15) is 0 Å². The van der Waals surface area contributed by atoms with Crippen LogP contribution in [0.2, 0.25) is 5.02 Å². The molecule has 0 fully saturated rings. The van der Waals surface area contributed by atoms with Crippen molar-refractivity contribution in [3.05, 3.63) is 59.1 Å². The fraction of sp³-hybridized carbons (Fsp3) is 0.440. The van der Waals surface area contributed by atoms with Crippen molar-refractivity contribution in [2.45, 2.75) is 58.4 Å². The number of nitrogens with one attached hydrogen (secondary N) is 1. The van der Waals surface area contributed by atoms with Crippen LogP contribution < -0.4 is 5.32 Å². The van der Waals surface area contributed by atoms with E-state index >= 15 is 0 Å². The van der Waals surface area contributed by atoms with Crippen LogP contribution in [0.1, 0.15) is 52.0 Å². The Kier molecular flexibility index (Phi) is 9.86. The lowest BCUT2D eigenvalue weighted by molar-refractivity contribution is -0.150. The molecule has 1 atom stereocenters. The summed E-state index contributed by atoms with van der Waals surface area (Å²) in [6.07, 6.45) is 3.06. The van der Waals surface area contributed by atoms with E-state index in [-0.39, 0.29) is 6.61 Å². The molecule has 31 heavy (non-hydrogen) atoms. The Hall–Kier alpha value is -2.53. The Bertz CT molecular complexity index is 853. The number of hydrogen-bond donors (Lipinski definition) is 1. The zero-order valence-electron chi connectivity index (χ0n) is 18.6. The number of hydrogen-bond acceptors (Lipinski definition) is 4. The minimum Gasteiger partial charge on any atom is -0.464 e. The van der Waals surface area contributed by atoms with E-state index in [1.807, 2.05) is 31.2 Å². The van der Waals surface area contributed by atoms with Crippen LogP contribution in [0.5, 0.6) is 0 Å². The van der Waals surface area contributed by atoms with Gasteiger partial charge in [-0.05, 0) is 68.4 Å². The molecular formula is C25H32ClNO4. The Labute approximate surface area is 190 Å². The molecule has 0 aromatic heterocycles. The van der Waals surface area contributed by atoms with Crippen molar-refractivity contribution in [2.24, 2.45) is 0 Å². The number of amides is 1. The third-order valence-corrected chi connectivity index (χ3v) is 5.32. The van der Waals surface area contributed by atoms with Crippen LogP contribution >= 0.6 is 11.6 Å². The van der Waals surface area contributed by atoms with Gasteiger partial charge in [0.05, 0.1) is 13.2 Å². The van der Waals surface area contributed by atoms with Crippen molar-refractivity contribution in [3.63, 3.8) is 0 Å². The molecule has 0 heterocycles. The molecule has 1 amide bonds. The largest absolute Gasteiger partial charge is 0.464 e. The molecule has 1 unspecified atom stereocenters. The van der Waals surface area contributed by atoms with Gasteiger partial charge in [0.25, 0.3) is 0 Å². The Balaban J connectivity index is 1.96. The second-order valence-electron chi connectivity index (χ2n) is 7.73. The first-order chi connectivity index (χ1) is 14.9. The third kappa shape index (κ3) is 7.91. The number of benzene rings is 2. The Morgan fingerprint density at radius 3 is 2.39 bits per heavy atom. The number of halogens is 1. The minimum atomic E-state index is -1.12. The topological polar surface area (TPSA) is 64.6 Å². The Morgan fingerprint density at radius 2 is 1.74 bits per heavy atom. The van der Waals surface area contributed by atoms with Gasteiger partial charge in [-0.3, -0.25) is 0 Å². The van der Waals surface area contributed by atoms with Crippen LogP contribution in [0.25, 0.3) is 11.1 Å². The average Bonchev–Trinajstić information content (AvgIpc) is 2.74. The summed E-state index contributed by atoms with van der Waals surface area (Å²) in [5.41, 5.74) is 2.20. The number of esters is 1. The maximum absolute atomic E-state index is 12.5. The highest BCUT2D eigenvalue weighted by Crippen LogP contribution is 2.24. The summed E-state index contributed by atoms with van der Waals surface area (Å²) < 4.78 is 10.4. The SMILES string of the molecule is CCCCOC(=O)NC(C)(CCCc1ccc(-c2cccc(Cl)c2)cc1)C(=O)OCC. The molecule has 0 spiro atoms. The minimum absolute atomic E-state index is 0.256. The van der Waals surface area contributed by atoms with Crippen molar-refractivity contribution in [1.29, 1.82) is 0 Å². The number of carbonyl (C=O) groups is 2. The lowest BCUT2D eigenvalue weighted by atomic mass is 9.93. The van der Waals surface area contributed by atoms with Gasteiger partial charge in [0.15, 0.2) is 0 Å². The highest BCUT2D eigenvalue weighted by atomic mass is 35.5. The van der Waals surface area contributed by atoms with E-state index in [2.05, 4.69) is 29.6 Å². The fourth-order valence-corrected chi connectivity index (χ4v) is 3.44. The summed E-state index contributed by atoms with van der Waals surface area (Å²) in [5.74, 6) is -0.446. The van der Waals surface area contributed by atoms with Gasteiger partial charge in [0.1, 0.15) is 5.54 Å². The van der Waals surface area contributed by atoms with E-state index in [1.165, 1.54) is 0 Å². The molecule has 0 radical (unpaired) electrons. The lowest BCUT2D eigenvalue weighted by Gasteiger charge is -2.28. The van der Waals surface area contributed by atoms with Gasteiger partial charge < -0.3 is 14.8 Å². The van der Waals surface area contributed by atoms with Crippen LogP contribution in [0.4, 0.5) is 4.79 Å². The summed E-state index contributed by atoms with van der Waals surface area (Å²) >= 11 is 6.08. The maximum atomic E-state index is 12.5. The van der Waals surface area contributed by atoms with Crippen LogP contribution in [0, 0.1) is 0 Å². The van der Waals surface area contributed by atoms with E-state index in [1.54, 1.807) is 13.8 Å². The molecule has 1 N–H and O–H groups in total. The predicted molar refractivity (Wildman–Crippen MR) is 124 cm³/mol. The maximum Gasteiger partial charge on any atom is 0.408 e. The standard InChI is InChI=1S/C25H32ClNO4/c1-4-6-17-31-24(29)27-25(3,23(28)30-5-2)16-8-9-19-12-14-20(15-13-19)21-10-7-11-22(26)18-21/h7,10-15,18H,4-6,8-9,16-17H2,1-3H3,(H,27,29). The van der Waals surface area contributed by atoms with E-state index < -0.39 is 17.6 Å². The first-order valence-corrected chi connectivity index (χ1v) is 11.2. The molecule has 0 aliphatic heterocycles. The van der Waals surface area contributed by atoms with E-state index in [9.17, 15) is 9.59 Å². The summed E-state index contributed by atoms with van der Waals surface area (Å²) in [6, 6.07) is 16.0. The molecule has 0 saturated carbocycles. The molecule has 168 valence electrons. The first-order valence-electron chi connectivity index (χ1n) is 10.8. The third-order valence-electron chi connectivity index (χ3n) is 5.09. The zero-order chi connectivity index (χ0) is 22.7. The van der Waals surface area contributed by atoms with E-state index in [0.29, 0.717) is 24.5 Å². The molecule has 2 rings (SSSR count). The van der Waals surface area contributed by atoms with E-state index in [4.69, 9.17) is 21.1 Å². The first kappa shape index (κ1) is 24.7. The number of alkyl carbamates (subject to hydrolysis) is 1. The van der Waals surface area contributed by atoms with Gasteiger partial charge in [-0.1, -0.05) is 61.3 Å². The van der Waals surface area contributed by atoms with Gasteiger partial charge in [0, 0.05) is 5.02 Å². The summed E-state index contributed by atoms with van der Waals surface area (Å²) in [7, 11) is 0. The Morgan fingerprint density at radius 1 is 1.00 bits per heavy atom. The van der Waals surface area contributed by atoms with Crippen molar-refractivity contribution >= 4 is 23.7 Å². The summed E-state index contributed by atoms with van der Waals surface area (Å²) in [6.45, 7) is 6.05. The lowest BCUT2D eigenvalue weighted by Crippen LogP contribution is -2.53. The monoisotopic (exact) mass is 445 g/mol. The second kappa shape index (κ2) is 12.4. The summed E-state index contributed by atoms with van der Waals surface area (Å²) in [4.78, 5) is 24.6.